The summed E-state index contributed by atoms with van der Waals surface area (Å²) in [5, 5.41) is 0. The summed E-state index contributed by atoms with van der Waals surface area (Å²) in [5.41, 5.74) is 1.10. The second kappa shape index (κ2) is 14.4. The number of carbonyl (C=O) groups is 1. The Morgan fingerprint density at radius 3 is 1.61 bits per heavy atom. The van der Waals surface area contributed by atoms with Gasteiger partial charge >= 0.3 is 14.9 Å². The molecule has 0 aromatic carbocycles. The molecule has 0 saturated carbocycles. The molecule has 0 aliphatic heterocycles. The average Bonchev–Trinajstić information content (AvgIpc) is 2.67. The smallest absolute Gasteiger partial charge is 0.501 e. The molecule has 6 nitrogen and oxygen atoms in total. The summed E-state index contributed by atoms with van der Waals surface area (Å²) in [7, 11) is -7.04. The molecule has 33 heavy (non-hydrogen) atoms. The largest absolute Gasteiger partial charge is 0.503 e. The normalized spacial score (nSPS) is 14.3. The topological polar surface area (TPSA) is 57.2 Å². The fourth-order valence-electron chi connectivity index (χ4n) is 4.86. The minimum atomic E-state index is -2.80. The van der Waals surface area contributed by atoms with E-state index < -0.39 is 25.4 Å². The lowest BCUT2D eigenvalue weighted by Crippen LogP contribution is -2.57. The van der Waals surface area contributed by atoms with Crippen LogP contribution in [0.15, 0.2) is 0 Å². The Kier molecular flexibility index (Phi) is 14.3. The minimum absolute atomic E-state index is 0.0857. The van der Waals surface area contributed by atoms with Crippen molar-refractivity contribution in [2.45, 2.75) is 130 Å². The van der Waals surface area contributed by atoms with Crippen molar-refractivity contribution in [1.29, 1.82) is 0 Å². The summed E-state index contributed by atoms with van der Waals surface area (Å²) >= 11 is 0. The van der Waals surface area contributed by atoms with E-state index in [-0.39, 0.29) is 12.2 Å². The van der Waals surface area contributed by atoms with Crippen molar-refractivity contribution in [3.63, 3.8) is 0 Å². The van der Waals surface area contributed by atoms with Gasteiger partial charge in [0.2, 0.25) is 0 Å². The number of rotatable bonds is 16. The van der Waals surface area contributed by atoms with Gasteiger partial charge in [-0.25, -0.2) is 4.79 Å². The van der Waals surface area contributed by atoms with Crippen LogP contribution in [0, 0.1) is 0 Å². The van der Waals surface area contributed by atoms with Gasteiger partial charge in [-0.3, -0.25) is 0 Å². The van der Waals surface area contributed by atoms with Gasteiger partial charge in [0, 0.05) is 31.9 Å². The predicted molar refractivity (Wildman–Crippen MR) is 147 cm³/mol. The van der Waals surface area contributed by atoms with E-state index in [1.54, 1.807) is 0 Å². The van der Waals surface area contributed by atoms with Crippen LogP contribution in [-0.4, -0.2) is 61.9 Å². The third-order valence-corrected chi connectivity index (χ3v) is 17.7. The van der Waals surface area contributed by atoms with Crippen molar-refractivity contribution in [2.75, 3.05) is 19.8 Å². The molecule has 0 aromatic rings. The number of amides is 1. The molecule has 0 fully saturated rings. The molecule has 0 aromatic heterocycles. The third-order valence-electron chi connectivity index (χ3n) is 6.55. The fraction of sp³-hybridized carbons (Fsp3) is 0.958. The first-order valence-corrected chi connectivity index (χ1v) is 20.6. The van der Waals surface area contributed by atoms with E-state index in [0.717, 1.165) is 12.8 Å². The number of carbonyl (C=O) groups excluding carboxylic acids is 1. The van der Waals surface area contributed by atoms with E-state index >= 15 is 0 Å². The minimum Gasteiger partial charge on any atom is -0.503 e. The molecular weight excluding hydrogens is 467 g/mol. The van der Waals surface area contributed by atoms with Crippen LogP contribution < -0.4 is 0 Å². The van der Waals surface area contributed by atoms with Crippen molar-refractivity contribution < 1.29 is 22.5 Å². The van der Waals surface area contributed by atoms with Crippen molar-refractivity contribution in [3.8, 4) is 0 Å². The molecule has 0 bridgehead atoms. The quantitative estimate of drug-likeness (QED) is 0.195. The second-order valence-electron chi connectivity index (χ2n) is 11.0. The molecule has 0 aliphatic rings. The summed E-state index contributed by atoms with van der Waals surface area (Å²) in [6, 6.07) is 0.703. The molecule has 1 unspecified atom stereocenters. The predicted octanol–water partition coefficient (Wildman–Crippen LogP) is 7.65. The van der Waals surface area contributed by atoms with Gasteiger partial charge in [0.15, 0.2) is 8.24 Å². The number of nitrogens with zero attached hydrogens (tertiary/aromatic N) is 1. The van der Waals surface area contributed by atoms with Crippen molar-refractivity contribution >= 4 is 31.5 Å². The number of hydrogen-bond donors (Lipinski definition) is 0. The molecule has 198 valence electrons. The van der Waals surface area contributed by atoms with E-state index in [4.69, 9.17) is 17.7 Å². The van der Waals surface area contributed by atoms with E-state index in [1.165, 1.54) is 0 Å². The second-order valence-corrected chi connectivity index (χ2v) is 23.9. The maximum absolute atomic E-state index is 13.6. The molecule has 0 aliphatic carbocycles. The Bertz CT molecular complexity index is 539. The average molecular weight is 522 g/mol. The zero-order chi connectivity index (χ0) is 26.0. The Labute approximate surface area is 208 Å². The van der Waals surface area contributed by atoms with Gasteiger partial charge in [0.05, 0.1) is 0 Å². The molecule has 0 heterocycles. The molecule has 1 atom stereocenters. The monoisotopic (exact) mass is 521 g/mol. The molecule has 0 radical (unpaired) electrons. The van der Waals surface area contributed by atoms with E-state index in [1.807, 2.05) is 18.4 Å². The SMILES string of the molecule is CCO[Si](CCCN(C(=O)O[Si](C(C)C)(C(C)C)C(C)C)[Si](C)(C)C)(OCC)OC(C)CC. The molecule has 0 spiro atoms. The molecule has 1 amide bonds. The van der Waals surface area contributed by atoms with Gasteiger partial charge in [-0.15, -0.1) is 0 Å². The highest BCUT2D eigenvalue weighted by Gasteiger charge is 2.50. The van der Waals surface area contributed by atoms with Crippen LogP contribution in [0.4, 0.5) is 4.79 Å². The standard InChI is InChI=1S/C24H55NO5Si3/c1-14-23(10)29-32(27-15-2,28-16-3)19-17-18-25(31(11,12)13)24(26)30-33(20(4)5,21(6)7)22(8)9/h20-23H,14-19H2,1-13H3. The van der Waals surface area contributed by atoms with Crippen LogP contribution in [0.25, 0.3) is 0 Å². The van der Waals surface area contributed by atoms with Crippen LogP contribution in [-0.2, 0) is 17.7 Å². The van der Waals surface area contributed by atoms with Crippen molar-refractivity contribution in [3.05, 3.63) is 0 Å². The maximum Gasteiger partial charge on any atom is 0.501 e. The van der Waals surface area contributed by atoms with Crippen LogP contribution in [0.2, 0.25) is 42.3 Å². The lowest BCUT2D eigenvalue weighted by Gasteiger charge is -2.44. The lowest BCUT2D eigenvalue weighted by atomic mass is 10.3. The van der Waals surface area contributed by atoms with E-state index in [2.05, 4.69) is 75.0 Å². The summed E-state index contributed by atoms with van der Waals surface area (Å²) in [5.74, 6) is 0. The van der Waals surface area contributed by atoms with E-state index in [9.17, 15) is 4.79 Å². The first kappa shape index (κ1) is 32.8. The van der Waals surface area contributed by atoms with Gasteiger partial charge in [-0.1, -0.05) is 68.1 Å². The Morgan fingerprint density at radius 2 is 1.27 bits per heavy atom. The van der Waals surface area contributed by atoms with Gasteiger partial charge in [0.1, 0.15) is 0 Å². The summed E-state index contributed by atoms with van der Waals surface area (Å²) in [6.07, 6.45) is 1.65. The van der Waals surface area contributed by atoms with Gasteiger partial charge in [0.25, 0.3) is 8.32 Å². The first-order valence-electron chi connectivity index (χ1n) is 13.1. The Hall–Kier alpha value is -0.199. The Morgan fingerprint density at radius 1 is 0.818 bits per heavy atom. The third kappa shape index (κ3) is 9.40. The van der Waals surface area contributed by atoms with Gasteiger partial charge in [-0.05, 0) is 50.2 Å². The van der Waals surface area contributed by atoms with Crippen LogP contribution in [0.1, 0.15) is 82.1 Å². The first-order chi connectivity index (χ1) is 15.1. The summed E-state index contributed by atoms with van der Waals surface area (Å²) in [4.78, 5) is 13.6. The van der Waals surface area contributed by atoms with Crippen molar-refractivity contribution in [2.24, 2.45) is 0 Å². The summed E-state index contributed by atoms with van der Waals surface area (Å²) < 4.78 is 27.2. The van der Waals surface area contributed by atoms with Crippen LogP contribution in [0.5, 0.6) is 0 Å². The lowest BCUT2D eigenvalue weighted by molar-refractivity contribution is 0.0364. The molecule has 0 N–H and O–H groups in total. The zero-order valence-corrected chi connectivity index (χ0v) is 27.0. The molecule has 0 saturated heterocycles. The van der Waals surface area contributed by atoms with Crippen LogP contribution in [0.3, 0.4) is 0 Å². The fourth-order valence-corrected chi connectivity index (χ4v) is 14.4. The highest BCUT2D eigenvalue weighted by atomic mass is 28.4. The van der Waals surface area contributed by atoms with Gasteiger partial charge < -0.3 is 22.3 Å². The zero-order valence-electron chi connectivity index (χ0n) is 24.0. The van der Waals surface area contributed by atoms with Gasteiger partial charge in [-0.2, -0.15) is 0 Å². The molecule has 0 rings (SSSR count). The van der Waals surface area contributed by atoms with Crippen LogP contribution >= 0.6 is 0 Å². The molecule has 9 heteroatoms. The number of hydrogen-bond acceptors (Lipinski definition) is 5. The molecular formula is C24H55NO5Si3. The van der Waals surface area contributed by atoms with Crippen molar-refractivity contribution in [1.82, 2.24) is 4.57 Å². The maximum atomic E-state index is 13.6. The van der Waals surface area contributed by atoms with E-state index in [0.29, 0.717) is 42.4 Å². The highest BCUT2D eigenvalue weighted by Crippen LogP contribution is 2.42. The Balaban J connectivity index is 5.70. The summed E-state index contributed by atoms with van der Waals surface area (Å²) in [6.45, 7) is 29.9. The highest BCUT2D eigenvalue weighted by molar-refractivity contribution is 6.80.